The molecule has 1 aromatic heterocycles. The minimum atomic E-state index is 0.812. The Labute approximate surface area is 107 Å². The summed E-state index contributed by atoms with van der Waals surface area (Å²) in [6.07, 6.45) is 3.90. The van der Waals surface area contributed by atoms with Crippen molar-refractivity contribution in [2.75, 3.05) is 19.0 Å². The van der Waals surface area contributed by atoms with E-state index in [1.807, 2.05) is 74.0 Å². The van der Waals surface area contributed by atoms with Crippen LogP contribution in [0.25, 0.3) is 0 Å². The number of imidazole rings is 1. The van der Waals surface area contributed by atoms with Crippen LogP contribution in [0.15, 0.2) is 46.9 Å². The second-order valence-electron chi connectivity index (χ2n) is 4.43. The number of anilines is 1. The summed E-state index contributed by atoms with van der Waals surface area (Å²) in [4.78, 5) is 2.05. The Morgan fingerprint density at radius 3 is 2.28 bits per heavy atom. The van der Waals surface area contributed by atoms with Crippen molar-refractivity contribution in [2.45, 2.75) is 0 Å². The van der Waals surface area contributed by atoms with Crippen LogP contribution in [0, 0.1) is 0 Å². The molecule has 0 aliphatic carbocycles. The zero-order chi connectivity index (χ0) is 13.1. The van der Waals surface area contributed by atoms with E-state index in [4.69, 9.17) is 0 Å². The zero-order valence-electron chi connectivity index (χ0n) is 11.2. The number of hydrogen-bond donors (Lipinski definition) is 0. The van der Waals surface area contributed by atoms with Crippen LogP contribution in [0.4, 0.5) is 17.3 Å². The van der Waals surface area contributed by atoms with Gasteiger partial charge in [0.2, 0.25) is 0 Å². The minimum absolute atomic E-state index is 0.812. The molecule has 0 N–H and O–H groups in total. The molecule has 0 unspecified atom stereocenters. The molecule has 0 saturated carbocycles. The Morgan fingerprint density at radius 2 is 1.78 bits per heavy atom. The largest absolute Gasteiger partial charge is 0.421 e. The molecule has 0 bridgehead atoms. The number of aryl methyl sites for hydroxylation is 2. The molecule has 1 aromatic carbocycles. The average molecular weight is 244 g/mol. The summed E-state index contributed by atoms with van der Waals surface area (Å²) in [7, 11) is 7.92. The molecule has 0 aliphatic rings. The smallest absolute Gasteiger partial charge is 0.378 e. The molecule has 2 aromatic rings. The number of hydrogen-bond acceptors (Lipinski definition) is 3. The normalized spacial score (nSPS) is 11.1. The van der Waals surface area contributed by atoms with Gasteiger partial charge in [0.1, 0.15) is 5.69 Å². The molecular weight excluding hydrogens is 226 g/mol. The first-order chi connectivity index (χ1) is 8.58. The van der Waals surface area contributed by atoms with Gasteiger partial charge < -0.3 is 4.90 Å². The van der Waals surface area contributed by atoms with Gasteiger partial charge in [-0.15, -0.1) is 0 Å². The lowest BCUT2D eigenvalue weighted by Gasteiger charge is -2.11. The van der Waals surface area contributed by atoms with Gasteiger partial charge in [0.25, 0.3) is 0 Å². The maximum Gasteiger partial charge on any atom is 0.421 e. The third-order valence-corrected chi connectivity index (χ3v) is 2.77. The summed E-state index contributed by atoms with van der Waals surface area (Å²) in [6, 6.07) is 7.97. The lowest BCUT2D eigenvalue weighted by Crippen LogP contribution is -2.25. The Balaban J connectivity index is 2.19. The fourth-order valence-corrected chi connectivity index (χ4v) is 1.64. The van der Waals surface area contributed by atoms with E-state index in [2.05, 4.69) is 15.1 Å². The standard InChI is InChI=1S/C13H18N5/c1-16(2)12-7-5-11(6-8-12)14-15-13-17(3)9-10-18(13)4/h5-10H,1-4H3/q+1. The molecule has 5 nitrogen and oxygen atoms in total. The Kier molecular flexibility index (Phi) is 3.41. The van der Waals surface area contributed by atoms with E-state index in [9.17, 15) is 0 Å². The van der Waals surface area contributed by atoms with Crippen molar-refractivity contribution in [1.29, 1.82) is 0 Å². The lowest BCUT2D eigenvalue weighted by molar-refractivity contribution is -0.657. The SMILES string of the molecule is CN(C)c1ccc(/N=N/c2n(C)cc[n+]2C)cc1. The fraction of sp³-hybridized carbons (Fsp3) is 0.308. The van der Waals surface area contributed by atoms with Crippen LogP contribution < -0.4 is 9.47 Å². The third-order valence-electron chi connectivity index (χ3n) is 2.77. The molecule has 0 fully saturated rings. The minimum Gasteiger partial charge on any atom is -0.378 e. The first-order valence-corrected chi connectivity index (χ1v) is 5.78. The van der Waals surface area contributed by atoms with Gasteiger partial charge in [-0.2, -0.15) is 0 Å². The van der Waals surface area contributed by atoms with Crippen molar-refractivity contribution in [1.82, 2.24) is 4.57 Å². The maximum atomic E-state index is 4.25. The molecule has 0 radical (unpaired) electrons. The molecule has 18 heavy (non-hydrogen) atoms. The van der Waals surface area contributed by atoms with Crippen molar-refractivity contribution in [3.63, 3.8) is 0 Å². The second-order valence-corrected chi connectivity index (χ2v) is 4.43. The molecule has 5 heteroatoms. The number of azo groups is 1. The van der Waals surface area contributed by atoms with E-state index >= 15 is 0 Å². The summed E-state index contributed by atoms with van der Waals surface area (Å²) in [5.74, 6) is 0.812. The van der Waals surface area contributed by atoms with Crippen molar-refractivity contribution in [3.8, 4) is 0 Å². The fourth-order valence-electron chi connectivity index (χ4n) is 1.64. The highest BCUT2D eigenvalue weighted by Crippen LogP contribution is 2.19. The van der Waals surface area contributed by atoms with Gasteiger partial charge in [-0.25, -0.2) is 9.13 Å². The highest BCUT2D eigenvalue weighted by molar-refractivity contribution is 5.51. The quantitative estimate of drug-likeness (QED) is 0.603. The maximum absolute atomic E-state index is 4.25. The Morgan fingerprint density at radius 1 is 1.11 bits per heavy atom. The van der Waals surface area contributed by atoms with Crippen molar-refractivity contribution < 1.29 is 4.57 Å². The Bertz CT molecular complexity index is 532. The molecular formula is C13H18N5+. The molecule has 0 saturated heterocycles. The summed E-state index contributed by atoms with van der Waals surface area (Å²) >= 11 is 0. The molecule has 0 spiro atoms. The summed E-state index contributed by atoms with van der Waals surface area (Å²) in [6.45, 7) is 0. The first-order valence-electron chi connectivity index (χ1n) is 5.78. The van der Waals surface area contributed by atoms with Gasteiger partial charge >= 0.3 is 5.95 Å². The molecule has 94 valence electrons. The van der Waals surface area contributed by atoms with E-state index in [1.54, 1.807) is 0 Å². The van der Waals surface area contributed by atoms with Crippen LogP contribution in [0.1, 0.15) is 0 Å². The summed E-state index contributed by atoms with van der Waals surface area (Å²) in [5.41, 5.74) is 2.00. The summed E-state index contributed by atoms with van der Waals surface area (Å²) < 4.78 is 3.86. The van der Waals surface area contributed by atoms with Crippen LogP contribution >= 0.6 is 0 Å². The van der Waals surface area contributed by atoms with Gasteiger partial charge in [0.15, 0.2) is 0 Å². The van der Waals surface area contributed by atoms with Crippen molar-refractivity contribution in [3.05, 3.63) is 36.7 Å². The van der Waals surface area contributed by atoms with Crippen molar-refractivity contribution in [2.24, 2.45) is 24.3 Å². The average Bonchev–Trinajstić information content (AvgIpc) is 2.67. The summed E-state index contributed by atoms with van der Waals surface area (Å²) in [5, 5.41) is 8.48. The van der Waals surface area contributed by atoms with E-state index < -0.39 is 0 Å². The van der Waals surface area contributed by atoms with E-state index in [-0.39, 0.29) is 0 Å². The number of rotatable bonds is 3. The van der Waals surface area contributed by atoms with Gasteiger partial charge in [-0.3, -0.25) is 0 Å². The predicted octanol–water partition coefficient (Wildman–Crippen LogP) is 2.33. The Hall–Kier alpha value is -2.17. The van der Waals surface area contributed by atoms with Gasteiger partial charge in [0, 0.05) is 24.9 Å². The monoisotopic (exact) mass is 244 g/mol. The number of benzene rings is 1. The topological polar surface area (TPSA) is 36.8 Å². The molecule has 0 atom stereocenters. The van der Waals surface area contributed by atoms with Crippen LogP contribution in [-0.4, -0.2) is 18.7 Å². The zero-order valence-corrected chi connectivity index (χ0v) is 11.2. The highest BCUT2D eigenvalue weighted by atomic mass is 15.3. The van der Waals surface area contributed by atoms with E-state index in [1.165, 1.54) is 0 Å². The lowest BCUT2D eigenvalue weighted by atomic mass is 10.3. The number of aromatic nitrogens is 2. The van der Waals surface area contributed by atoms with E-state index in [0.717, 1.165) is 17.3 Å². The molecule has 0 aliphatic heterocycles. The van der Waals surface area contributed by atoms with Crippen LogP contribution in [-0.2, 0) is 14.1 Å². The van der Waals surface area contributed by atoms with E-state index in [0.29, 0.717) is 0 Å². The van der Waals surface area contributed by atoms with Gasteiger partial charge in [-0.05, 0) is 24.3 Å². The van der Waals surface area contributed by atoms with Crippen LogP contribution in [0.2, 0.25) is 0 Å². The second kappa shape index (κ2) is 5.00. The third kappa shape index (κ3) is 2.56. The predicted molar refractivity (Wildman–Crippen MR) is 71.5 cm³/mol. The number of nitrogens with zero attached hydrogens (tertiary/aromatic N) is 5. The van der Waals surface area contributed by atoms with Gasteiger partial charge in [-0.1, -0.05) is 5.11 Å². The molecule has 0 amide bonds. The van der Waals surface area contributed by atoms with Crippen LogP contribution in [0.5, 0.6) is 0 Å². The van der Waals surface area contributed by atoms with Crippen LogP contribution in [0.3, 0.4) is 0 Å². The first kappa shape index (κ1) is 12.3. The van der Waals surface area contributed by atoms with Gasteiger partial charge in [0.05, 0.1) is 26.5 Å². The molecule has 2 rings (SSSR count). The highest BCUT2D eigenvalue weighted by Gasteiger charge is 2.10. The molecule has 1 heterocycles. The van der Waals surface area contributed by atoms with Crippen molar-refractivity contribution >= 4 is 17.3 Å².